The minimum atomic E-state index is -0.417. The molecule has 0 aliphatic carbocycles. The number of amides is 1. The van der Waals surface area contributed by atoms with Crippen LogP contribution in [0.4, 0.5) is 10.1 Å². The summed E-state index contributed by atoms with van der Waals surface area (Å²) in [4.78, 5) is 16.8. The molecule has 2 fully saturated rings. The molecule has 2 aliphatic rings. The summed E-state index contributed by atoms with van der Waals surface area (Å²) in [6.07, 6.45) is 4.58. The summed E-state index contributed by atoms with van der Waals surface area (Å²) in [6, 6.07) is 4.58. The molecule has 0 spiro atoms. The number of rotatable bonds is 2. The number of nitrogens with two attached hydrogens (primary N) is 1. The van der Waals surface area contributed by atoms with Gasteiger partial charge in [-0.3, -0.25) is 4.79 Å². The quantitative estimate of drug-likeness (QED) is 0.849. The molecule has 2 heterocycles. The van der Waals surface area contributed by atoms with Gasteiger partial charge in [0.2, 0.25) is 0 Å². The number of halogens is 1. The van der Waals surface area contributed by atoms with Crippen molar-refractivity contribution in [2.24, 2.45) is 0 Å². The highest BCUT2D eigenvalue weighted by atomic mass is 19.1. The van der Waals surface area contributed by atoms with Gasteiger partial charge >= 0.3 is 0 Å². The van der Waals surface area contributed by atoms with Gasteiger partial charge in [0, 0.05) is 24.8 Å². The van der Waals surface area contributed by atoms with E-state index in [1.54, 1.807) is 4.90 Å². The normalized spacial score (nSPS) is 20.9. The van der Waals surface area contributed by atoms with E-state index in [2.05, 4.69) is 4.90 Å². The molecule has 114 valence electrons. The van der Waals surface area contributed by atoms with Crippen molar-refractivity contribution in [3.8, 4) is 0 Å². The molecule has 0 radical (unpaired) electrons. The molecule has 3 rings (SSSR count). The van der Waals surface area contributed by atoms with E-state index in [9.17, 15) is 9.18 Å². The van der Waals surface area contributed by atoms with Gasteiger partial charge in [-0.1, -0.05) is 0 Å². The Balaban J connectivity index is 1.63. The van der Waals surface area contributed by atoms with Gasteiger partial charge in [-0.2, -0.15) is 0 Å². The fraction of sp³-hybridized carbons (Fsp3) is 0.562. The Bertz CT molecular complexity index is 520. The summed E-state index contributed by atoms with van der Waals surface area (Å²) in [6.45, 7) is 3.84. The molecule has 21 heavy (non-hydrogen) atoms. The SMILES string of the molecule is Nc1ccc(F)cc1C(=O)N1CCC(N2CCCC2)CC1. The van der Waals surface area contributed by atoms with Crippen molar-refractivity contribution in [1.29, 1.82) is 0 Å². The van der Waals surface area contributed by atoms with Crippen molar-refractivity contribution in [2.75, 3.05) is 31.9 Å². The Morgan fingerprint density at radius 3 is 2.48 bits per heavy atom. The number of carbonyl (C=O) groups excluding carboxylic acids is 1. The molecule has 2 saturated heterocycles. The third-order valence-electron chi connectivity index (χ3n) is 4.65. The standard InChI is InChI=1S/C16H22FN3O/c17-12-3-4-15(18)14(11-12)16(21)20-9-5-13(6-10-20)19-7-1-2-8-19/h3-4,11,13H,1-2,5-10,18H2. The van der Waals surface area contributed by atoms with Gasteiger partial charge < -0.3 is 15.5 Å². The maximum Gasteiger partial charge on any atom is 0.256 e. The van der Waals surface area contributed by atoms with Gasteiger partial charge in [0.1, 0.15) is 5.82 Å². The van der Waals surface area contributed by atoms with E-state index in [1.165, 1.54) is 44.1 Å². The molecule has 1 aromatic rings. The fourth-order valence-electron chi connectivity index (χ4n) is 3.42. The Kier molecular flexibility index (Phi) is 4.10. The van der Waals surface area contributed by atoms with E-state index < -0.39 is 5.82 Å². The molecule has 0 saturated carbocycles. The number of piperidine rings is 1. The molecule has 1 amide bonds. The van der Waals surface area contributed by atoms with Crippen LogP contribution in [0.25, 0.3) is 0 Å². The van der Waals surface area contributed by atoms with Crippen LogP contribution in [0.15, 0.2) is 18.2 Å². The molecular weight excluding hydrogens is 269 g/mol. The lowest BCUT2D eigenvalue weighted by Gasteiger charge is -2.36. The highest BCUT2D eigenvalue weighted by Crippen LogP contribution is 2.23. The van der Waals surface area contributed by atoms with Crippen LogP contribution < -0.4 is 5.73 Å². The van der Waals surface area contributed by atoms with E-state index in [4.69, 9.17) is 5.73 Å². The Labute approximate surface area is 124 Å². The monoisotopic (exact) mass is 291 g/mol. The second kappa shape index (κ2) is 6.02. The van der Waals surface area contributed by atoms with Gasteiger partial charge in [0.25, 0.3) is 5.91 Å². The number of hydrogen-bond donors (Lipinski definition) is 1. The van der Waals surface area contributed by atoms with Crippen LogP contribution in [0.3, 0.4) is 0 Å². The third-order valence-corrected chi connectivity index (χ3v) is 4.65. The minimum Gasteiger partial charge on any atom is -0.398 e. The Hall–Kier alpha value is -1.62. The number of nitrogen functional groups attached to an aromatic ring is 1. The van der Waals surface area contributed by atoms with Crippen LogP contribution in [0.1, 0.15) is 36.0 Å². The molecular formula is C16H22FN3O. The first-order valence-corrected chi connectivity index (χ1v) is 7.73. The van der Waals surface area contributed by atoms with E-state index in [0.717, 1.165) is 25.9 Å². The number of anilines is 1. The van der Waals surface area contributed by atoms with Crippen molar-refractivity contribution in [3.05, 3.63) is 29.6 Å². The number of hydrogen-bond acceptors (Lipinski definition) is 3. The zero-order valence-electron chi connectivity index (χ0n) is 12.2. The summed E-state index contributed by atoms with van der Waals surface area (Å²) >= 11 is 0. The summed E-state index contributed by atoms with van der Waals surface area (Å²) in [5, 5.41) is 0. The topological polar surface area (TPSA) is 49.6 Å². The highest BCUT2D eigenvalue weighted by Gasteiger charge is 2.29. The predicted molar refractivity (Wildman–Crippen MR) is 80.5 cm³/mol. The van der Waals surface area contributed by atoms with Gasteiger partial charge in [-0.15, -0.1) is 0 Å². The number of carbonyl (C=O) groups is 1. The molecule has 0 unspecified atom stereocenters. The maximum atomic E-state index is 13.3. The first-order chi connectivity index (χ1) is 10.1. The first-order valence-electron chi connectivity index (χ1n) is 7.73. The molecule has 2 N–H and O–H groups in total. The third kappa shape index (κ3) is 3.02. The van der Waals surface area contributed by atoms with Crippen LogP contribution in [0.5, 0.6) is 0 Å². The minimum absolute atomic E-state index is 0.146. The van der Waals surface area contributed by atoms with Crippen LogP contribution >= 0.6 is 0 Å². The van der Waals surface area contributed by atoms with Crippen molar-refractivity contribution >= 4 is 11.6 Å². The average Bonchev–Trinajstić information content (AvgIpc) is 3.03. The second-order valence-electron chi connectivity index (χ2n) is 6.00. The molecule has 0 atom stereocenters. The zero-order chi connectivity index (χ0) is 14.8. The average molecular weight is 291 g/mol. The lowest BCUT2D eigenvalue weighted by atomic mass is 10.0. The van der Waals surface area contributed by atoms with Crippen molar-refractivity contribution in [3.63, 3.8) is 0 Å². The summed E-state index contributed by atoms with van der Waals surface area (Å²) in [5.41, 5.74) is 6.44. The predicted octanol–water partition coefficient (Wildman–Crippen LogP) is 2.11. The van der Waals surface area contributed by atoms with Crippen molar-refractivity contribution < 1.29 is 9.18 Å². The van der Waals surface area contributed by atoms with Crippen molar-refractivity contribution in [1.82, 2.24) is 9.80 Å². The van der Waals surface area contributed by atoms with Crippen molar-refractivity contribution in [2.45, 2.75) is 31.7 Å². The largest absolute Gasteiger partial charge is 0.398 e. The van der Waals surface area contributed by atoms with Gasteiger partial charge in [-0.05, 0) is 57.0 Å². The number of likely N-dealkylation sites (tertiary alicyclic amines) is 2. The van der Waals surface area contributed by atoms with Gasteiger partial charge in [0.05, 0.1) is 5.56 Å². The van der Waals surface area contributed by atoms with Gasteiger partial charge in [0.15, 0.2) is 0 Å². The molecule has 0 aromatic heterocycles. The summed E-state index contributed by atoms with van der Waals surface area (Å²) in [7, 11) is 0. The van der Waals surface area contributed by atoms with Crippen LogP contribution in [0.2, 0.25) is 0 Å². The Morgan fingerprint density at radius 2 is 1.81 bits per heavy atom. The molecule has 1 aromatic carbocycles. The molecule has 4 nitrogen and oxygen atoms in total. The highest BCUT2D eigenvalue weighted by molar-refractivity contribution is 5.99. The second-order valence-corrected chi connectivity index (χ2v) is 6.00. The number of benzene rings is 1. The fourth-order valence-corrected chi connectivity index (χ4v) is 3.42. The molecule has 2 aliphatic heterocycles. The van der Waals surface area contributed by atoms with E-state index >= 15 is 0 Å². The van der Waals surface area contributed by atoms with E-state index in [0.29, 0.717) is 11.7 Å². The summed E-state index contributed by atoms with van der Waals surface area (Å²) in [5.74, 6) is -0.564. The molecule has 0 bridgehead atoms. The smallest absolute Gasteiger partial charge is 0.256 e. The van der Waals surface area contributed by atoms with Crippen LogP contribution in [-0.2, 0) is 0 Å². The van der Waals surface area contributed by atoms with Crippen LogP contribution in [0, 0.1) is 5.82 Å². The maximum absolute atomic E-state index is 13.3. The zero-order valence-corrected chi connectivity index (χ0v) is 12.2. The Morgan fingerprint density at radius 1 is 1.14 bits per heavy atom. The number of nitrogens with zero attached hydrogens (tertiary/aromatic N) is 2. The summed E-state index contributed by atoms with van der Waals surface area (Å²) < 4.78 is 13.3. The van der Waals surface area contributed by atoms with Crippen LogP contribution in [-0.4, -0.2) is 47.9 Å². The van der Waals surface area contributed by atoms with E-state index in [1.807, 2.05) is 0 Å². The van der Waals surface area contributed by atoms with Gasteiger partial charge in [-0.25, -0.2) is 4.39 Å². The first kappa shape index (κ1) is 14.3. The van der Waals surface area contributed by atoms with E-state index in [-0.39, 0.29) is 11.5 Å². The molecule has 5 heteroatoms. The lowest BCUT2D eigenvalue weighted by molar-refractivity contribution is 0.0645. The lowest BCUT2D eigenvalue weighted by Crippen LogP contribution is -2.46.